The summed E-state index contributed by atoms with van der Waals surface area (Å²) in [5.74, 6) is 0. The Morgan fingerprint density at radius 2 is 1.79 bits per heavy atom. The fourth-order valence-corrected chi connectivity index (χ4v) is 1.46. The Morgan fingerprint density at radius 1 is 1.07 bits per heavy atom. The maximum Gasteiger partial charge on any atom is 0.0991 e. The second-order valence-electron chi connectivity index (χ2n) is 3.14. The van der Waals surface area contributed by atoms with Gasteiger partial charge in [0.15, 0.2) is 0 Å². The Hall–Kier alpha value is -2.07. The number of benzene rings is 2. The highest BCUT2D eigenvalue weighted by atomic mass is 14.2. The number of nitriles is 1. The van der Waals surface area contributed by atoms with Gasteiger partial charge < -0.3 is 0 Å². The van der Waals surface area contributed by atoms with Gasteiger partial charge in [0.25, 0.3) is 0 Å². The van der Waals surface area contributed by atoms with Crippen molar-refractivity contribution in [2.45, 2.75) is 0 Å². The molecule has 0 heterocycles. The molecule has 2 aromatic rings. The normalized spacial score (nSPS) is 9.64. The standard InChI is InChI=1S/C13H9N/c1-2-10-3-5-13-8-11(9-14)4-6-12(13)7-10/h2-8H,1H2. The minimum atomic E-state index is 0.698. The van der Waals surface area contributed by atoms with Gasteiger partial charge in [-0.3, -0.25) is 0 Å². The van der Waals surface area contributed by atoms with Gasteiger partial charge >= 0.3 is 0 Å². The molecule has 0 aliphatic rings. The molecular formula is C13H9N. The highest BCUT2D eigenvalue weighted by Gasteiger charge is 1.95. The molecule has 1 nitrogen and oxygen atoms in total. The lowest BCUT2D eigenvalue weighted by Crippen LogP contribution is -1.78. The van der Waals surface area contributed by atoms with Gasteiger partial charge in [-0.25, -0.2) is 0 Å². The van der Waals surface area contributed by atoms with E-state index in [9.17, 15) is 0 Å². The van der Waals surface area contributed by atoms with Crippen molar-refractivity contribution in [3.63, 3.8) is 0 Å². The van der Waals surface area contributed by atoms with Crippen LogP contribution in [0.4, 0.5) is 0 Å². The second-order valence-corrected chi connectivity index (χ2v) is 3.14. The summed E-state index contributed by atoms with van der Waals surface area (Å²) in [5.41, 5.74) is 1.80. The summed E-state index contributed by atoms with van der Waals surface area (Å²) in [7, 11) is 0. The summed E-state index contributed by atoms with van der Waals surface area (Å²) < 4.78 is 0. The molecule has 0 N–H and O–H groups in total. The van der Waals surface area contributed by atoms with Crippen LogP contribution in [-0.4, -0.2) is 0 Å². The van der Waals surface area contributed by atoms with Crippen LogP contribution in [0, 0.1) is 11.3 Å². The van der Waals surface area contributed by atoms with Crippen LogP contribution in [0.2, 0.25) is 0 Å². The molecular weight excluding hydrogens is 170 g/mol. The molecule has 0 fully saturated rings. The van der Waals surface area contributed by atoms with Crippen LogP contribution in [0.1, 0.15) is 11.1 Å². The number of hydrogen-bond donors (Lipinski definition) is 0. The number of nitrogens with zero attached hydrogens (tertiary/aromatic N) is 1. The van der Waals surface area contributed by atoms with Gasteiger partial charge in [0.1, 0.15) is 0 Å². The van der Waals surface area contributed by atoms with E-state index in [2.05, 4.69) is 18.7 Å². The van der Waals surface area contributed by atoms with E-state index in [1.807, 2.05) is 36.4 Å². The topological polar surface area (TPSA) is 23.8 Å². The maximum atomic E-state index is 8.73. The molecule has 0 aromatic heterocycles. The average Bonchev–Trinajstić information content (AvgIpc) is 2.27. The molecule has 0 radical (unpaired) electrons. The summed E-state index contributed by atoms with van der Waals surface area (Å²) >= 11 is 0. The number of hydrogen-bond acceptors (Lipinski definition) is 1. The Bertz CT molecular complexity index is 532. The van der Waals surface area contributed by atoms with Crippen molar-refractivity contribution in [3.05, 3.63) is 54.1 Å². The first kappa shape index (κ1) is 8.52. The summed E-state index contributed by atoms with van der Waals surface area (Å²) in [4.78, 5) is 0. The van der Waals surface area contributed by atoms with Crippen molar-refractivity contribution in [1.29, 1.82) is 5.26 Å². The first-order valence-corrected chi connectivity index (χ1v) is 4.40. The van der Waals surface area contributed by atoms with Gasteiger partial charge in [0.2, 0.25) is 0 Å². The minimum absolute atomic E-state index is 0.698. The zero-order chi connectivity index (χ0) is 9.97. The summed E-state index contributed by atoms with van der Waals surface area (Å²) in [6, 6.07) is 13.9. The van der Waals surface area contributed by atoms with Crippen LogP contribution in [-0.2, 0) is 0 Å². The molecule has 0 spiro atoms. The van der Waals surface area contributed by atoms with E-state index >= 15 is 0 Å². The Kier molecular flexibility index (Phi) is 2.04. The van der Waals surface area contributed by atoms with Crippen LogP contribution in [0.5, 0.6) is 0 Å². The maximum absolute atomic E-state index is 8.73. The molecule has 2 rings (SSSR count). The Labute approximate surface area is 82.9 Å². The molecule has 0 unspecified atom stereocenters. The third-order valence-electron chi connectivity index (χ3n) is 2.23. The van der Waals surface area contributed by atoms with Crippen molar-refractivity contribution in [3.8, 4) is 6.07 Å². The molecule has 1 heteroatoms. The lowest BCUT2D eigenvalue weighted by Gasteiger charge is -1.99. The molecule has 66 valence electrons. The number of rotatable bonds is 1. The first-order chi connectivity index (χ1) is 6.83. The van der Waals surface area contributed by atoms with Crippen molar-refractivity contribution in [2.24, 2.45) is 0 Å². The fraction of sp³-hybridized carbons (Fsp3) is 0. The molecule has 0 amide bonds. The zero-order valence-electron chi connectivity index (χ0n) is 7.70. The molecule has 14 heavy (non-hydrogen) atoms. The summed E-state index contributed by atoms with van der Waals surface area (Å²) in [5, 5.41) is 11.0. The highest BCUT2D eigenvalue weighted by molar-refractivity contribution is 5.85. The Morgan fingerprint density at radius 3 is 2.50 bits per heavy atom. The van der Waals surface area contributed by atoms with Crippen molar-refractivity contribution < 1.29 is 0 Å². The van der Waals surface area contributed by atoms with Crippen molar-refractivity contribution in [1.82, 2.24) is 0 Å². The van der Waals surface area contributed by atoms with Crippen LogP contribution in [0.25, 0.3) is 16.8 Å². The fourth-order valence-electron chi connectivity index (χ4n) is 1.46. The monoisotopic (exact) mass is 179 g/mol. The van der Waals surface area contributed by atoms with Crippen molar-refractivity contribution in [2.75, 3.05) is 0 Å². The quantitative estimate of drug-likeness (QED) is 0.658. The van der Waals surface area contributed by atoms with Crippen LogP contribution >= 0.6 is 0 Å². The van der Waals surface area contributed by atoms with E-state index in [0.29, 0.717) is 5.56 Å². The van der Waals surface area contributed by atoms with E-state index in [1.165, 1.54) is 0 Å². The SMILES string of the molecule is C=Cc1ccc2cc(C#N)ccc2c1. The Balaban J connectivity index is 2.70. The van der Waals surface area contributed by atoms with Crippen LogP contribution in [0.15, 0.2) is 43.0 Å². The third kappa shape index (κ3) is 1.38. The van der Waals surface area contributed by atoms with Gasteiger partial charge in [-0.2, -0.15) is 5.26 Å². The lowest BCUT2D eigenvalue weighted by atomic mass is 10.0. The summed E-state index contributed by atoms with van der Waals surface area (Å²) in [6.07, 6.45) is 1.82. The molecule has 2 aromatic carbocycles. The molecule has 0 aliphatic carbocycles. The third-order valence-corrected chi connectivity index (χ3v) is 2.23. The van der Waals surface area contributed by atoms with Gasteiger partial charge in [-0.1, -0.05) is 30.9 Å². The average molecular weight is 179 g/mol. The second kappa shape index (κ2) is 3.35. The van der Waals surface area contributed by atoms with E-state index in [4.69, 9.17) is 5.26 Å². The molecule has 0 bridgehead atoms. The predicted molar refractivity (Wildman–Crippen MR) is 58.8 cm³/mol. The van der Waals surface area contributed by atoms with Gasteiger partial charge in [0.05, 0.1) is 11.6 Å². The van der Waals surface area contributed by atoms with E-state index in [1.54, 1.807) is 0 Å². The molecule has 0 saturated carbocycles. The van der Waals surface area contributed by atoms with E-state index in [0.717, 1.165) is 16.3 Å². The smallest absolute Gasteiger partial charge is 0.0991 e. The minimum Gasteiger partial charge on any atom is -0.192 e. The van der Waals surface area contributed by atoms with E-state index < -0.39 is 0 Å². The molecule has 0 atom stereocenters. The molecule has 0 saturated heterocycles. The largest absolute Gasteiger partial charge is 0.192 e. The zero-order valence-corrected chi connectivity index (χ0v) is 7.70. The lowest BCUT2D eigenvalue weighted by molar-refractivity contribution is 1.50. The highest BCUT2D eigenvalue weighted by Crippen LogP contribution is 2.18. The van der Waals surface area contributed by atoms with Crippen molar-refractivity contribution >= 4 is 16.8 Å². The van der Waals surface area contributed by atoms with Gasteiger partial charge in [-0.15, -0.1) is 0 Å². The van der Waals surface area contributed by atoms with Crippen LogP contribution in [0.3, 0.4) is 0 Å². The molecule has 0 aliphatic heterocycles. The van der Waals surface area contributed by atoms with Gasteiger partial charge in [-0.05, 0) is 34.5 Å². The van der Waals surface area contributed by atoms with Crippen LogP contribution < -0.4 is 0 Å². The first-order valence-electron chi connectivity index (χ1n) is 4.40. The van der Waals surface area contributed by atoms with E-state index in [-0.39, 0.29) is 0 Å². The van der Waals surface area contributed by atoms with Gasteiger partial charge in [0, 0.05) is 0 Å². The number of fused-ring (bicyclic) bond motifs is 1. The predicted octanol–water partition coefficient (Wildman–Crippen LogP) is 3.35. The summed E-state index contributed by atoms with van der Waals surface area (Å²) in [6.45, 7) is 3.72.